The third-order valence-corrected chi connectivity index (χ3v) is 2.44. The number of hydrogen-bond acceptors (Lipinski definition) is 3. The Morgan fingerprint density at radius 2 is 2.29 bits per heavy atom. The van der Waals surface area contributed by atoms with Crippen molar-refractivity contribution in [3.05, 3.63) is 30.0 Å². The number of benzene rings is 1. The first-order valence-electron chi connectivity index (χ1n) is 5.38. The van der Waals surface area contributed by atoms with Gasteiger partial charge in [-0.05, 0) is 37.1 Å². The number of nitrogens with one attached hydrogen (secondary N) is 1. The zero-order valence-electron chi connectivity index (χ0n) is 9.57. The second kappa shape index (κ2) is 4.47. The first-order chi connectivity index (χ1) is 8.06. The summed E-state index contributed by atoms with van der Waals surface area (Å²) in [5.74, 6) is 0. The van der Waals surface area contributed by atoms with Crippen LogP contribution in [0.15, 0.2) is 28.9 Å². The molecule has 1 unspecified atom stereocenters. The van der Waals surface area contributed by atoms with Gasteiger partial charge in [-0.1, -0.05) is 0 Å². The van der Waals surface area contributed by atoms with E-state index in [1.165, 1.54) is 0 Å². The molecule has 1 aromatic carbocycles. The minimum atomic E-state index is -0.584. The van der Waals surface area contributed by atoms with Gasteiger partial charge in [-0.25, -0.2) is 4.79 Å². The molecule has 2 rings (SSSR count). The largest absolute Gasteiger partial charge is 0.464 e. The van der Waals surface area contributed by atoms with Gasteiger partial charge in [0.25, 0.3) is 0 Å². The van der Waals surface area contributed by atoms with Crippen molar-refractivity contribution >= 4 is 22.7 Å². The van der Waals surface area contributed by atoms with E-state index in [4.69, 9.17) is 15.9 Å². The Labute approximate surface area is 98.8 Å². The highest BCUT2D eigenvalue weighted by molar-refractivity contribution is 5.92. The van der Waals surface area contributed by atoms with Gasteiger partial charge in [0.2, 0.25) is 0 Å². The van der Waals surface area contributed by atoms with Crippen molar-refractivity contribution in [2.75, 3.05) is 5.32 Å². The summed E-state index contributed by atoms with van der Waals surface area (Å²) < 4.78 is 5.41. The minimum absolute atomic E-state index is 0.0205. The lowest BCUT2D eigenvalue weighted by molar-refractivity contribution is 0.259. The predicted molar refractivity (Wildman–Crippen MR) is 66.8 cm³/mol. The Bertz CT molecular complexity index is 546. The van der Waals surface area contributed by atoms with Crippen LogP contribution in [0.3, 0.4) is 0 Å². The summed E-state index contributed by atoms with van der Waals surface area (Å²) in [6.07, 6.45) is 2.29. The van der Waals surface area contributed by atoms with E-state index >= 15 is 0 Å². The number of furan rings is 1. The molecule has 0 fully saturated rings. The first-order valence-corrected chi connectivity index (χ1v) is 5.38. The summed E-state index contributed by atoms with van der Waals surface area (Å²) >= 11 is 0. The Balaban J connectivity index is 2.46. The fourth-order valence-electron chi connectivity index (χ4n) is 1.87. The number of primary amides is 1. The molecule has 17 heavy (non-hydrogen) atoms. The van der Waals surface area contributed by atoms with Gasteiger partial charge in [-0.2, -0.15) is 0 Å². The molecule has 1 aromatic heterocycles. The minimum Gasteiger partial charge on any atom is -0.464 e. The third-order valence-electron chi connectivity index (χ3n) is 2.44. The van der Waals surface area contributed by atoms with E-state index in [2.05, 4.69) is 5.32 Å². The average molecular weight is 233 g/mol. The zero-order valence-corrected chi connectivity index (χ0v) is 9.57. The van der Waals surface area contributed by atoms with Crippen molar-refractivity contribution in [3.63, 3.8) is 0 Å². The molecule has 0 aliphatic carbocycles. The second-order valence-corrected chi connectivity index (χ2v) is 4.14. The van der Waals surface area contributed by atoms with Gasteiger partial charge in [-0.15, -0.1) is 0 Å². The monoisotopic (exact) mass is 233 g/mol. The maximum absolute atomic E-state index is 10.8. The van der Waals surface area contributed by atoms with E-state index in [0.29, 0.717) is 12.1 Å². The fraction of sp³-hybridized carbons (Fsp3) is 0.250. The van der Waals surface area contributed by atoms with Crippen molar-refractivity contribution < 1.29 is 9.21 Å². The normalized spacial score (nSPS) is 12.6. The van der Waals surface area contributed by atoms with Gasteiger partial charge in [0.15, 0.2) is 0 Å². The molecular formula is C12H15N3O2. The van der Waals surface area contributed by atoms with Crippen molar-refractivity contribution in [1.29, 1.82) is 0 Å². The van der Waals surface area contributed by atoms with E-state index in [9.17, 15) is 4.79 Å². The van der Waals surface area contributed by atoms with Crippen LogP contribution in [-0.4, -0.2) is 12.1 Å². The number of urea groups is 1. The number of nitrogens with two attached hydrogens (primary N) is 2. The molecule has 0 saturated heterocycles. The average Bonchev–Trinajstić information content (AvgIpc) is 2.63. The number of hydrogen-bond donors (Lipinski definition) is 3. The molecule has 5 heteroatoms. The summed E-state index contributed by atoms with van der Waals surface area (Å²) in [5.41, 5.74) is 13.3. The molecule has 1 atom stereocenters. The lowest BCUT2D eigenvalue weighted by atomic mass is 10.0. The van der Waals surface area contributed by atoms with Gasteiger partial charge in [-0.3, -0.25) is 0 Å². The number of carbonyl (C=O) groups excluding carboxylic acids is 1. The van der Waals surface area contributed by atoms with Crippen molar-refractivity contribution in [2.24, 2.45) is 11.5 Å². The van der Waals surface area contributed by atoms with Gasteiger partial charge in [0.1, 0.15) is 5.58 Å². The Kier molecular flexibility index (Phi) is 3.01. The van der Waals surface area contributed by atoms with Gasteiger partial charge in [0.05, 0.1) is 6.26 Å². The molecular weight excluding hydrogens is 218 g/mol. The fourth-order valence-corrected chi connectivity index (χ4v) is 1.87. The van der Waals surface area contributed by atoms with Crippen LogP contribution in [0.2, 0.25) is 0 Å². The van der Waals surface area contributed by atoms with Crippen LogP contribution in [0.5, 0.6) is 0 Å². The Morgan fingerprint density at radius 1 is 1.53 bits per heavy atom. The maximum atomic E-state index is 10.8. The predicted octanol–water partition coefficient (Wildman–Crippen LogP) is 1.81. The second-order valence-electron chi connectivity index (χ2n) is 4.14. The molecule has 0 saturated carbocycles. The van der Waals surface area contributed by atoms with E-state index < -0.39 is 6.03 Å². The summed E-state index contributed by atoms with van der Waals surface area (Å²) in [6.45, 7) is 1.92. The zero-order chi connectivity index (χ0) is 12.4. The van der Waals surface area contributed by atoms with Crippen molar-refractivity contribution in [2.45, 2.75) is 19.4 Å². The SMILES string of the molecule is CC(N)Cc1cc(NC(N)=O)cc2ccoc12. The summed E-state index contributed by atoms with van der Waals surface area (Å²) in [4.78, 5) is 10.8. The Morgan fingerprint density at radius 3 is 2.94 bits per heavy atom. The van der Waals surface area contributed by atoms with Crippen LogP contribution in [0, 0.1) is 0 Å². The molecule has 5 nitrogen and oxygen atoms in total. The first kappa shape index (κ1) is 11.5. The van der Waals surface area contributed by atoms with Crippen LogP contribution in [-0.2, 0) is 6.42 Å². The number of fused-ring (bicyclic) bond motifs is 1. The third kappa shape index (κ3) is 2.57. The summed E-state index contributed by atoms with van der Waals surface area (Å²) in [5, 5.41) is 3.48. The highest BCUT2D eigenvalue weighted by Crippen LogP contribution is 2.25. The number of rotatable bonds is 3. The van der Waals surface area contributed by atoms with Crippen LogP contribution in [0.4, 0.5) is 10.5 Å². The van der Waals surface area contributed by atoms with Gasteiger partial charge >= 0.3 is 6.03 Å². The van der Waals surface area contributed by atoms with Crippen molar-refractivity contribution in [3.8, 4) is 0 Å². The van der Waals surface area contributed by atoms with Gasteiger partial charge in [0, 0.05) is 17.1 Å². The highest BCUT2D eigenvalue weighted by atomic mass is 16.3. The highest BCUT2D eigenvalue weighted by Gasteiger charge is 2.09. The molecule has 0 bridgehead atoms. The molecule has 0 aliphatic rings. The standard InChI is InChI=1S/C12H15N3O2/c1-7(13)4-9-6-10(15-12(14)16)5-8-2-3-17-11(8)9/h2-3,5-7H,4,13H2,1H3,(H3,14,15,16). The topological polar surface area (TPSA) is 94.3 Å². The van der Waals surface area contributed by atoms with Crippen molar-refractivity contribution in [1.82, 2.24) is 0 Å². The van der Waals surface area contributed by atoms with Crippen LogP contribution in [0.25, 0.3) is 11.0 Å². The van der Waals surface area contributed by atoms with Gasteiger partial charge < -0.3 is 21.2 Å². The van der Waals surface area contributed by atoms with E-state index in [1.807, 2.05) is 25.1 Å². The van der Waals surface area contributed by atoms with E-state index in [1.54, 1.807) is 6.26 Å². The lowest BCUT2D eigenvalue weighted by Crippen LogP contribution is -2.20. The number of amides is 2. The number of carbonyl (C=O) groups is 1. The molecule has 90 valence electrons. The molecule has 0 aliphatic heterocycles. The Hall–Kier alpha value is -2.01. The molecule has 2 aromatic rings. The molecule has 2 amide bonds. The molecule has 1 heterocycles. The molecule has 5 N–H and O–H groups in total. The smallest absolute Gasteiger partial charge is 0.316 e. The van der Waals surface area contributed by atoms with Crippen LogP contribution < -0.4 is 16.8 Å². The molecule has 0 spiro atoms. The quantitative estimate of drug-likeness (QED) is 0.754. The van der Waals surface area contributed by atoms with Crippen LogP contribution >= 0.6 is 0 Å². The number of anilines is 1. The van der Waals surface area contributed by atoms with E-state index in [0.717, 1.165) is 16.5 Å². The summed E-state index contributed by atoms with van der Waals surface area (Å²) in [6, 6.07) is 4.92. The molecule has 0 radical (unpaired) electrons. The van der Waals surface area contributed by atoms with Crippen LogP contribution in [0.1, 0.15) is 12.5 Å². The van der Waals surface area contributed by atoms with E-state index in [-0.39, 0.29) is 6.04 Å². The lowest BCUT2D eigenvalue weighted by Gasteiger charge is -2.09. The maximum Gasteiger partial charge on any atom is 0.316 e. The summed E-state index contributed by atoms with van der Waals surface area (Å²) in [7, 11) is 0.